The van der Waals surface area contributed by atoms with Crippen LogP contribution in [0.1, 0.15) is 199 Å². The van der Waals surface area contributed by atoms with Crippen molar-refractivity contribution in [3.63, 3.8) is 0 Å². The van der Waals surface area contributed by atoms with Crippen molar-refractivity contribution in [2.75, 3.05) is 4.81 Å². The molecule has 0 radical (unpaired) electrons. The Kier molecular flexibility index (Phi) is 12.2. The molecule has 16 rings (SSSR count). The molecule has 5 heteroatoms. The third kappa shape index (κ3) is 8.71. The van der Waals surface area contributed by atoms with Gasteiger partial charge in [-0.1, -0.05) is 234 Å². The molecule has 9 aromatic carbocycles. The number of furan rings is 1. The van der Waals surface area contributed by atoms with Gasteiger partial charge in [0.05, 0.1) is 22.1 Å². The Morgan fingerprint density at radius 2 is 1.13 bits per heavy atom. The number of benzene rings is 9. The summed E-state index contributed by atoms with van der Waals surface area (Å²) >= 11 is 2.01. The molecular weight excluding hydrogens is 1120 g/mol. The number of aromatic nitrogens is 1. The van der Waals surface area contributed by atoms with Crippen LogP contribution in [0.2, 0.25) is 0 Å². The predicted octanol–water partition coefficient (Wildman–Crippen LogP) is 22.8. The highest BCUT2D eigenvalue weighted by molar-refractivity contribution is 7.32. The van der Waals surface area contributed by atoms with E-state index in [1.807, 2.05) is 11.3 Å². The number of allylic oxidation sites excluding steroid dienone is 1. The Balaban J connectivity index is 0.981. The van der Waals surface area contributed by atoms with Crippen LogP contribution >= 0.6 is 11.3 Å². The number of nitrogens with zero attached hydrogens (tertiary/aromatic N) is 2. The van der Waals surface area contributed by atoms with Crippen molar-refractivity contribution in [2.24, 2.45) is 0 Å². The lowest BCUT2D eigenvalue weighted by Crippen LogP contribution is -2.59. The van der Waals surface area contributed by atoms with Crippen molar-refractivity contribution in [3.8, 4) is 27.9 Å². The fraction of sp³-hybridized carbons (Fsp3) is 0.326. The van der Waals surface area contributed by atoms with Crippen molar-refractivity contribution in [2.45, 2.75) is 182 Å². The van der Waals surface area contributed by atoms with E-state index in [0.717, 1.165) is 30.4 Å². The number of hydrogen-bond acceptors (Lipinski definition) is 3. The molecule has 3 aromatic heterocycles. The second kappa shape index (κ2) is 19.1. The van der Waals surface area contributed by atoms with Crippen LogP contribution in [0.3, 0.4) is 0 Å². The van der Waals surface area contributed by atoms with Crippen LogP contribution in [0.5, 0.6) is 0 Å². The first kappa shape index (κ1) is 58.2. The van der Waals surface area contributed by atoms with Gasteiger partial charge in [0.1, 0.15) is 11.2 Å². The average Bonchev–Trinajstić information content (AvgIpc) is 1.57. The van der Waals surface area contributed by atoms with Gasteiger partial charge in [0, 0.05) is 53.4 Å². The van der Waals surface area contributed by atoms with E-state index in [1.54, 1.807) is 0 Å². The Morgan fingerprint density at radius 1 is 0.538 bits per heavy atom. The molecule has 0 N–H and O–H groups in total. The molecule has 2 aliphatic heterocycles. The average molecular weight is 1210 g/mol. The molecule has 456 valence electrons. The molecule has 0 saturated carbocycles. The number of hydrogen-bond donors (Lipinski definition) is 0. The summed E-state index contributed by atoms with van der Waals surface area (Å²) in [5.41, 5.74) is 30.8. The van der Waals surface area contributed by atoms with Crippen molar-refractivity contribution in [3.05, 3.63) is 219 Å². The van der Waals surface area contributed by atoms with Gasteiger partial charge >= 0.3 is 6.85 Å². The van der Waals surface area contributed by atoms with Crippen LogP contribution < -0.4 is 15.1 Å². The molecule has 91 heavy (non-hydrogen) atoms. The first-order valence-electron chi connectivity index (χ1n) is 33.6. The summed E-state index contributed by atoms with van der Waals surface area (Å²) in [6.07, 6.45) is 5.53. The normalized spacial score (nSPS) is 16.5. The summed E-state index contributed by atoms with van der Waals surface area (Å²) in [7, 11) is 0. The monoisotopic (exact) mass is 1210 g/mol. The van der Waals surface area contributed by atoms with Crippen LogP contribution in [0.25, 0.3) is 93.4 Å². The van der Waals surface area contributed by atoms with Gasteiger partial charge < -0.3 is 13.8 Å². The van der Waals surface area contributed by atoms with Gasteiger partial charge in [-0.15, -0.1) is 11.3 Å². The van der Waals surface area contributed by atoms with Crippen molar-refractivity contribution in [1.82, 2.24) is 4.57 Å². The van der Waals surface area contributed by atoms with Crippen molar-refractivity contribution >= 4 is 105 Å². The van der Waals surface area contributed by atoms with E-state index in [0.29, 0.717) is 0 Å². The fourth-order valence-corrected chi connectivity index (χ4v) is 17.8. The van der Waals surface area contributed by atoms with E-state index < -0.39 is 0 Å². The maximum atomic E-state index is 7.55. The van der Waals surface area contributed by atoms with Crippen molar-refractivity contribution < 1.29 is 4.42 Å². The van der Waals surface area contributed by atoms with E-state index in [9.17, 15) is 0 Å². The number of para-hydroxylation sites is 1. The predicted molar refractivity (Wildman–Crippen MR) is 395 cm³/mol. The van der Waals surface area contributed by atoms with Crippen LogP contribution in [-0.2, 0) is 44.3 Å². The minimum absolute atomic E-state index is 0.00960. The lowest BCUT2D eigenvalue weighted by Gasteiger charge is -2.42. The second-order valence-corrected chi connectivity index (χ2v) is 34.7. The zero-order valence-corrected chi connectivity index (χ0v) is 57.8. The van der Waals surface area contributed by atoms with Gasteiger partial charge in [0.25, 0.3) is 0 Å². The van der Waals surface area contributed by atoms with Crippen LogP contribution in [0.4, 0.5) is 11.4 Å². The minimum atomic E-state index is -0.313. The van der Waals surface area contributed by atoms with E-state index in [2.05, 4.69) is 298 Å². The summed E-state index contributed by atoms with van der Waals surface area (Å²) in [6.45, 7) is 42.6. The molecule has 0 atom stereocenters. The molecule has 0 saturated heterocycles. The molecule has 12 aromatic rings. The Morgan fingerprint density at radius 3 is 1.78 bits per heavy atom. The number of fused-ring (bicyclic) bond motifs is 19. The van der Waals surface area contributed by atoms with Gasteiger partial charge in [0.15, 0.2) is 0 Å². The van der Waals surface area contributed by atoms with E-state index in [-0.39, 0.29) is 44.8 Å². The highest BCUT2D eigenvalue weighted by atomic mass is 32.1. The molecule has 5 heterocycles. The Labute approximate surface area is 544 Å². The van der Waals surface area contributed by atoms with Gasteiger partial charge in [-0.05, 0) is 195 Å². The minimum Gasteiger partial charge on any atom is -0.455 e. The number of rotatable bonds is 5. The molecule has 0 amide bonds. The lowest BCUT2D eigenvalue weighted by molar-refractivity contribution is 0.332. The highest BCUT2D eigenvalue weighted by Crippen LogP contribution is 2.59. The largest absolute Gasteiger partial charge is 0.455 e. The van der Waals surface area contributed by atoms with Crippen molar-refractivity contribution in [1.29, 1.82) is 0 Å². The van der Waals surface area contributed by atoms with Gasteiger partial charge in [-0.2, -0.15) is 0 Å². The SMILES string of the molecule is CC(C)(C)c1ccc(/C=C(/Cc2ccc3c(c2)C(C)(C)c2cc4c(cc2-3)-c2c3c5c(c6cc7c(cc6n5-c5c(sc6ccc(C(C)(C)C)cc56)B3N4c3ccc(C(C)(C)C)cc3)C(C)(C)CCC7(C)C)c3oc4ccccc4c23)c2ccc(C(C)(C)C)cc2)cc1. The number of anilines is 2. The molecule has 4 aliphatic rings. The maximum absolute atomic E-state index is 7.55. The third-order valence-corrected chi connectivity index (χ3v) is 23.3. The second-order valence-electron chi connectivity index (χ2n) is 33.6. The third-order valence-electron chi connectivity index (χ3n) is 22.1. The van der Waals surface area contributed by atoms with E-state index in [1.165, 1.54) is 159 Å². The van der Waals surface area contributed by atoms with E-state index >= 15 is 0 Å². The van der Waals surface area contributed by atoms with Crippen LogP contribution in [0, 0.1) is 0 Å². The smallest absolute Gasteiger partial charge is 0.343 e. The van der Waals surface area contributed by atoms with Crippen LogP contribution in [0.15, 0.2) is 162 Å². The molecule has 0 spiro atoms. The maximum Gasteiger partial charge on any atom is 0.343 e. The molecule has 3 nitrogen and oxygen atoms in total. The summed E-state index contributed by atoms with van der Waals surface area (Å²) in [5, 5.41) is 6.24. The molecule has 0 fully saturated rings. The molecule has 2 aliphatic carbocycles. The first-order chi connectivity index (χ1) is 42.9. The molecule has 0 bridgehead atoms. The standard InChI is InChI=1S/C86H87BN2OS/c1-80(2,3)53-28-23-49(24-29-53)41-52(51-26-30-54(31-27-51)81(4,5)6)42-50-25-37-58-60-45-61-69(47-65(60)86(17,18)64(58)43-50)89(57-35-32-55(33-36-57)82(7,8)9)87-75-72(61)73-59-21-19-20-22-70(59)90-78(73)74-62-46-66-67(85(15,16)40-39-84(66,13)14)48-68(62)88(77(74)75)76-63-44-56(83(10,11)12)34-38-71(63)91-79(76)87/h19-38,41,43-48H,39-40,42H2,1-18H3/b52-41-. The Bertz CT molecular complexity index is 5120. The lowest BCUT2D eigenvalue weighted by atomic mass is 9.46. The highest BCUT2D eigenvalue weighted by Gasteiger charge is 2.50. The summed E-state index contributed by atoms with van der Waals surface area (Å²) in [6, 6.07) is 62.6. The van der Waals surface area contributed by atoms with Gasteiger partial charge in [-0.3, -0.25) is 0 Å². The topological polar surface area (TPSA) is 21.3 Å². The van der Waals surface area contributed by atoms with Gasteiger partial charge in [-0.25, -0.2) is 0 Å². The first-order valence-corrected chi connectivity index (χ1v) is 34.4. The summed E-state index contributed by atoms with van der Waals surface area (Å²) < 4.78 is 13.0. The molecule has 0 unspecified atom stereocenters. The van der Waals surface area contributed by atoms with Gasteiger partial charge in [0.2, 0.25) is 0 Å². The summed E-state index contributed by atoms with van der Waals surface area (Å²) in [4.78, 5) is 2.79. The van der Waals surface area contributed by atoms with Crippen LogP contribution in [-0.4, -0.2) is 11.4 Å². The summed E-state index contributed by atoms with van der Waals surface area (Å²) in [5.74, 6) is 0. The van der Waals surface area contributed by atoms with E-state index in [4.69, 9.17) is 4.42 Å². The quantitative estimate of drug-likeness (QED) is 0.127. The zero-order chi connectivity index (χ0) is 63.8. The molecular formula is C86H87BN2OS. The zero-order valence-electron chi connectivity index (χ0n) is 57.0. The number of thiophene rings is 1. The fourth-order valence-electron chi connectivity index (χ4n) is 16.5. The Hall–Kier alpha value is -7.86.